The van der Waals surface area contributed by atoms with E-state index in [1.807, 2.05) is 0 Å². The molecule has 0 saturated heterocycles. The van der Waals surface area contributed by atoms with Crippen molar-refractivity contribution in [2.75, 3.05) is 5.32 Å². The molecule has 4 nitrogen and oxygen atoms in total. The predicted octanol–water partition coefficient (Wildman–Crippen LogP) is 6.23. The second kappa shape index (κ2) is 8.46. The van der Waals surface area contributed by atoms with Crippen molar-refractivity contribution in [3.63, 3.8) is 0 Å². The lowest BCUT2D eigenvalue weighted by Gasteiger charge is -2.21. The van der Waals surface area contributed by atoms with E-state index in [9.17, 15) is 14.7 Å². The molecule has 1 aliphatic carbocycles. The summed E-state index contributed by atoms with van der Waals surface area (Å²) in [6, 6.07) is 5.00. The van der Waals surface area contributed by atoms with Crippen LogP contribution in [0.1, 0.15) is 58.5 Å². The summed E-state index contributed by atoms with van der Waals surface area (Å²) >= 11 is 13.3. The Kier molecular flexibility index (Phi) is 6.25. The average molecular weight is 424 g/mol. The van der Waals surface area contributed by atoms with Gasteiger partial charge in [0.15, 0.2) is 0 Å². The number of amides is 1. The van der Waals surface area contributed by atoms with Gasteiger partial charge in [0.05, 0.1) is 5.56 Å². The Morgan fingerprint density at radius 2 is 2.15 bits per heavy atom. The highest BCUT2D eigenvalue weighted by atomic mass is 35.5. The molecule has 27 heavy (non-hydrogen) atoms. The van der Waals surface area contributed by atoms with Crippen LogP contribution in [0.25, 0.3) is 6.08 Å². The summed E-state index contributed by atoms with van der Waals surface area (Å²) in [7, 11) is 0. The number of halogens is 2. The quantitative estimate of drug-likeness (QED) is 0.559. The fourth-order valence-corrected chi connectivity index (χ4v) is 5.22. The Morgan fingerprint density at radius 3 is 2.81 bits per heavy atom. The van der Waals surface area contributed by atoms with Gasteiger partial charge in [-0.25, -0.2) is 4.79 Å². The number of thiophene rings is 1. The number of aryl methyl sites for hydroxylation is 1. The first-order valence-electron chi connectivity index (χ1n) is 8.73. The summed E-state index contributed by atoms with van der Waals surface area (Å²) in [5.74, 6) is -1.15. The number of carboxylic acid groups (broad SMARTS) is 1. The number of anilines is 1. The summed E-state index contributed by atoms with van der Waals surface area (Å²) in [6.07, 6.45) is 6.72. The zero-order chi connectivity index (χ0) is 19.6. The van der Waals surface area contributed by atoms with E-state index in [1.165, 1.54) is 17.4 Å². The third-order valence-electron chi connectivity index (χ3n) is 4.71. The Labute approximate surface area is 171 Å². The summed E-state index contributed by atoms with van der Waals surface area (Å²) in [5, 5.41) is 13.8. The second-order valence-electron chi connectivity index (χ2n) is 6.43. The average Bonchev–Trinajstić information content (AvgIpc) is 2.98. The van der Waals surface area contributed by atoms with Gasteiger partial charge in [0.25, 0.3) is 0 Å². The van der Waals surface area contributed by atoms with Gasteiger partial charge in [0.1, 0.15) is 5.00 Å². The van der Waals surface area contributed by atoms with E-state index in [0.29, 0.717) is 20.6 Å². The van der Waals surface area contributed by atoms with Crippen LogP contribution in [-0.2, 0) is 11.2 Å². The Bertz CT molecular complexity index is 920. The van der Waals surface area contributed by atoms with Crippen LogP contribution in [0.2, 0.25) is 10.0 Å². The lowest BCUT2D eigenvalue weighted by Crippen LogP contribution is -2.14. The van der Waals surface area contributed by atoms with E-state index >= 15 is 0 Å². The van der Waals surface area contributed by atoms with Crippen LogP contribution >= 0.6 is 34.5 Å². The van der Waals surface area contributed by atoms with E-state index in [0.717, 1.165) is 36.1 Å². The van der Waals surface area contributed by atoms with E-state index in [4.69, 9.17) is 23.2 Å². The third kappa shape index (κ3) is 4.37. The number of carbonyl (C=O) groups excluding carboxylic acids is 1. The number of benzene rings is 1. The molecule has 142 valence electrons. The standard InChI is InChI=1S/C20H19Cl2NO3S/c1-2-11-4-3-5-15-17(11)18(20(25)26)19(27-15)23-16(24)9-7-12-6-8-13(21)10-14(12)22/h6-11H,2-5H2,1H3,(H,23,24)(H,25,26). The van der Waals surface area contributed by atoms with Crippen LogP contribution in [0.5, 0.6) is 0 Å². The number of hydrogen-bond acceptors (Lipinski definition) is 3. The van der Waals surface area contributed by atoms with Crippen molar-refractivity contribution >= 4 is 57.5 Å². The number of rotatable bonds is 5. The maximum atomic E-state index is 12.3. The van der Waals surface area contributed by atoms with Crippen molar-refractivity contribution in [3.8, 4) is 0 Å². The van der Waals surface area contributed by atoms with Gasteiger partial charge in [0.2, 0.25) is 5.91 Å². The molecular formula is C20H19Cl2NO3S. The number of nitrogens with one attached hydrogen (secondary N) is 1. The number of fused-ring (bicyclic) bond motifs is 1. The van der Waals surface area contributed by atoms with Crippen LogP contribution in [0.4, 0.5) is 5.00 Å². The minimum Gasteiger partial charge on any atom is -0.478 e. The maximum Gasteiger partial charge on any atom is 0.339 e. The minimum absolute atomic E-state index is 0.241. The molecule has 2 aromatic rings. The molecule has 7 heteroatoms. The van der Waals surface area contributed by atoms with Crippen molar-refractivity contribution in [2.24, 2.45) is 0 Å². The number of hydrogen-bond donors (Lipinski definition) is 2. The summed E-state index contributed by atoms with van der Waals surface area (Å²) in [4.78, 5) is 25.3. The lowest BCUT2D eigenvalue weighted by atomic mass is 9.83. The molecule has 1 heterocycles. The fraction of sp³-hybridized carbons (Fsp3) is 0.300. The maximum absolute atomic E-state index is 12.3. The highest BCUT2D eigenvalue weighted by molar-refractivity contribution is 7.17. The van der Waals surface area contributed by atoms with Crippen molar-refractivity contribution in [1.29, 1.82) is 0 Å². The first kappa shape index (κ1) is 19.9. The molecule has 0 aliphatic heterocycles. The number of carbonyl (C=O) groups is 2. The SMILES string of the molecule is CCC1CCCc2sc(NC(=O)C=Cc3ccc(Cl)cc3Cl)c(C(=O)O)c21. The first-order chi connectivity index (χ1) is 12.9. The summed E-state index contributed by atoms with van der Waals surface area (Å²) < 4.78 is 0. The molecule has 1 aliphatic rings. The Hall–Kier alpha value is -1.82. The monoisotopic (exact) mass is 423 g/mol. The zero-order valence-corrected chi connectivity index (χ0v) is 17.0. The van der Waals surface area contributed by atoms with Gasteiger partial charge in [-0.1, -0.05) is 36.2 Å². The molecule has 1 aromatic heterocycles. The molecular weight excluding hydrogens is 405 g/mol. The highest BCUT2D eigenvalue weighted by Gasteiger charge is 2.30. The molecule has 3 rings (SSSR count). The number of carboxylic acids is 1. The van der Waals surface area contributed by atoms with Crippen LogP contribution in [0.3, 0.4) is 0 Å². The van der Waals surface area contributed by atoms with Gasteiger partial charge in [-0.3, -0.25) is 4.79 Å². The van der Waals surface area contributed by atoms with E-state index in [-0.39, 0.29) is 11.5 Å². The minimum atomic E-state index is -0.993. The van der Waals surface area contributed by atoms with Crippen molar-refractivity contribution < 1.29 is 14.7 Å². The van der Waals surface area contributed by atoms with Crippen LogP contribution in [0.15, 0.2) is 24.3 Å². The smallest absolute Gasteiger partial charge is 0.339 e. The molecule has 0 bridgehead atoms. The molecule has 0 fully saturated rings. The fourth-order valence-electron chi connectivity index (χ4n) is 3.43. The molecule has 1 atom stereocenters. The summed E-state index contributed by atoms with van der Waals surface area (Å²) in [5.41, 5.74) is 1.81. The topological polar surface area (TPSA) is 66.4 Å². The zero-order valence-electron chi connectivity index (χ0n) is 14.7. The molecule has 2 N–H and O–H groups in total. The van der Waals surface area contributed by atoms with Gasteiger partial charge in [-0.15, -0.1) is 11.3 Å². The Morgan fingerprint density at radius 1 is 1.37 bits per heavy atom. The molecule has 1 amide bonds. The van der Waals surface area contributed by atoms with Crippen LogP contribution in [-0.4, -0.2) is 17.0 Å². The van der Waals surface area contributed by atoms with Gasteiger partial charge >= 0.3 is 5.97 Å². The van der Waals surface area contributed by atoms with Crippen LogP contribution < -0.4 is 5.32 Å². The second-order valence-corrected chi connectivity index (χ2v) is 8.38. The molecule has 1 unspecified atom stereocenters. The molecule has 0 radical (unpaired) electrons. The molecule has 0 saturated carbocycles. The Balaban J connectivity index is 1.85. The van der Waals surface area contributed by atoms with E-state index in [2.05, 4.69) is 12.2 Å². The summed E-state index contributed by atoms with van der Waals surface area (Å²) in [6.45, 7) is 2.07. The van der Waals surface area contributed by atoms with Gasteiger partial charge in [0, 0.05) is 21.0 Å². The van der Waals surface area contributed by atoms with E-state index < -0.39 is 11.9 Å². The predicted molar refractivity (Wildman–Crippen MR) is 111 cm³/mol. The normalized spacial score (nSPS) is 16.3. The van der Waals surface area contributed by atoms with Gasteiger partial charge in [-0.2, -0.15) is 0 Å². The lowest BCUT2D eigenvalue weighted by molar-refractivity contribution is -0.111. The molecule has 0 spiro atoms. The van der Waals surface area contributed by atoms with Gasteiger partial charge in [-0.05, 0) is 60.9 Å². The van der Waals surface area contributed by atoms with Crippen molar-refractivity contribution in [2.45, 2.75) is 38.5 Å². The van der Waals surface area contributed by atoms with Crippen LogP contribution in [0, 0.1) is 0 Å². The molecule has 1 aromatic carbocycles. The highest BCUT2D eigenvalue weighted by Crippen LogP contribution is 2.44. The van der Waals surface area contributed by atoms with Crippen molar-refractivity contribution in [3.05, 3.63) is 55.9 Å². The third-order valence-corrected chi connectivity index (χ3v) is 6.45. The van der Waals surface area contributed by atoms with Crippen molar-refractivity contribution in [1.82, 2.24) is 0 Å². The number of aromatic carboxylic acids is 1. The van der Waals surface area contributed by atoms with Gasteiger partial charge < -0.3 is 10.4 Å². The first-order valence-corrected chi connectivity index (χ1v) is 10.3. The largest absolute Gasteiger partial charge is 0.478 e. The van der Waals surface area contributed by atoms with E-state index in [1.54, 1.807) is 24.3 Å².